The Morgan fingerprint density at radius 2 is 1.50 bits per heavy atom. The van der Waals surface area contributed by atoms with Crippen molar-refractivity contribution in [2.45, 2.75) is 0 Å². The summed E-state index contributed by atoms with van der Waals surface area (Å²) in [6, 6.07) is 14.0. The maximum atomic E-state index is 12.2. The highest BCUT2D eigenvalue weighted by atomic mass is 16.1. The highest BCUT2D eigenvalue weighted by Gasteiger charge is 2.08. The van der Waals surface area contributed by atoms with Gasteiger partial charge in [-0.1, -0.05) is 24.0 Å². The van der Waals surface area contributed by atoms with Crippen LogP contribution in [0.15, 0.2) is 48.5 Å². The van der Waals surface area contributed by atoms with Gasteiger partial charge in [-0.25, -0.2) is 0 Å². The second-order valence-electron chi connectivity index (χ2n) is 3.78. The van der Waals surface area contributed by atoms with E-state index >= 15 is 0 Å². The molecule has 2 aromatic rings. The van der Waals surface area contributed by atoms with Gasteiger partial charge in [-0.15, -0.1) is 12.8 Å². The number of hydrogen-bond donors (Lipinski definition) is 0. The van der Waals surface area contributed by atoms with Crippen LogP contribution in [-0.4, -0.2) is 5.78 Å². The number of benzene rings is 2. The van der Waals surface area contributed by atoms with E-state index in [-0.39, 0.29) is 5.78 Å². The van der Waals surface area contributed by atoms with Gasteiger partial charge >= 0.3 is 0 Å². The van der Waals surface area contributed by atoms with E-state index in [4.69, 9.17) is 12.8 Å². The van der Waals surface area contributed by atoms with Crippen LogP contribution in [0.5, 0.6) is 0 Å². The number of hydrogen-bond acceptors (Lipinski definition) is 1. The molecule has 0 aliphatic heterocycles. The van der Waals surface area contributed by atoms with Crippen molar-refractivity contribution >= 4 is 5.78 Å². The van der Waals surface area contributed by atoms with Gasteiger partial charge in [-0.05, 0) is 36.4 Å². The summed E-state index contributed by atoms with van der Waals surface area (Å²) in [6.45, 7) is 0. The SMILES string of the molecule is C#Cc1ccc(C(=O)c2cccc(C#C)c2)cc1. The van der Waals surface area contributed by atoms with Gasteiger partial charge in [-0.2, -0.15) is 0 Å². The van der Waals surface area contributed by atoms with Crippen molar-refractivity contribution in [2.24, 2.45) is 0 Å². The highest BCUT2D eigenvalue weighted by Crippen LogP contribution is 2.12. The van der Waals surface area contributed by atoms with Crippen molar-refractivity contribution < 1.29 is 4.79 Å². The van der Waals surface area contributed by atoms with Crippen LogP contribution in [0.4, 0.5) is 0 Å². The van der Waals surface area contributed by atoms with Gasteiger partial charge in [0.25, 0.3) is 0 Å². The Labute approximate surface area is 106 Å². The molecule has 0 heterocycles. The lowest BCUT2D eigenvalue weighted by Gasteiger charge is -2.02. The Kier molecular flexibility index (Phi) is 3.28. The van der Waals surface area contributed by atoms with Gasteiger partial charge in [0.2, 0.25) is 0 Å². The molecule has 0 aliphatic rings. The lowest BCUT2D eigenvalue weighted by molar-refractivity contribution is 0.103. The first kappa shape index (κ1) is 11.7. The molecule has 0 N–H and O–H groups in total. The predicted octanol–water partition coefficient (Wildman–Crippen LogP) is 2.88. The third kappa shape index (κ3) is 2.32. The van der Waals surface area contributed by atoms with Crippen molar-refractivity contribution in [2.75, 3.05) is 0 Å². The molecule has 0 saturated carbocycles. The standard InChI is InChI=1S/C17H10O/c1-3-13-8-10-15(11-9-13)17(18)16-7-5-6-14(4-2)12-16/h1-2,5-12H. The molecule has 84 valence electrons. The fourth-order valence-electron chi connectivity index (χ4n) is 1.63. The van der Waals surface area contributed by atoms with Crippen LogP contribution in [0.1, 0.15) is 27.0 Å². The van der Waals surface area contributed by atoms with Crippen LogP contribution in [-0.2, 0) is 0 Å². The van der Waals surface area contributed by atoms with Crippen LogP contribution in [0.25, 0.3) is 0 Å². The fraction of sp³-hybridized carbons (Fsp3) is 0. The number of carbonyl (C=O) groups is 1. The first-order chi connectivity index (χ1) is 8.74. The molecule has 1 nitrogen and oxygen atoms in total. The van der Waals surface area contributed by atoms with Gasteiger partial charge in [-0.3, -0.25) is 4.79 Å². The molecule has 0 spiro atoms. The first-order valence-electron chi connectivity index (χ1n) is 5.42. The molecule has 0 atom stereocenters. The minimum atomic E-state index is -0.0596. The van der Waals surface area contributed by atoms with E-state index < -0.39 is 0 Å². The zero-order valence-electron chi connectivity index (χ0n) is 9.68. The Morgan fingerprint density at radius 3 is 2.11 bits per heavy atom. The van der Waals surface area contributed by atoms with E-state index in [1.165, 1.54) is 0 Å². The summed E-state index contributed by atoms with van der Waals surface area (Å²) < 4.78 is 0. The molecular weight excluding hydrogens is 220 g/mol. The topological polar surface area (TPSA) is 17.1 Å². The number of terminal acetylenes is 2. The lowest BCUT2D eigenvalue weighted by atomic mass is 10.0. The van der Waals surface area contributed by atoms with E-state index in [0.29, 0.717) is 16.7 Å². The van der Waals surface area contributed by atoms with Crippen molar-refractivity contribution in [3.8, 4) is 24.7 Å². The Hall–Kier alpha value is -2.77. The molecule has 2 aromatic carbocycles. The molecule has 1 heteroatoms. The van der Waals surface area contributed by atoms with Gasteiger partial charge in [0, 0.05) is 22.3 Å². The molecule has 0 bridgehead atoms. The zero-order valence-corrected chi connectivity index (χ0v) is 9.68. The third-order valence-corrected chi connectivity index (χ3v) is 2.61. The van der Waals surface area contributed by atoms with Crippen LogP contribution in [0.2, 0.25) is 0 Å². The molecule has 0 fully saturated rings. The minimum Gasteiger partial charge on any atom is -0.289 e. The summed E-state index contributed by atoms with van der Waals surface area (Å²) in [5.74, 6) is 4.97. The molecule has 0 amide bonds. The second-order valence-corrected chi connectivity index (χ2v) is 3.78. The Morgan fingerprint density at radius 1 is 0.833 bits per heavy atom. The maximum absolute atomic E-state index is 12.2. The molecule has 0 saturated heterocycles. The zero-order chi connectivity index (χ0) is 13.0. The monoisotopic (exact) mass is 230 g/mol. The van der Waals surface area contributed by atoms with Gasteiger partial charge in [0.1, 0.15) is 0 Å². The third-order valence-electron chi connectivity index (χ3n) is 2.61. The highest BCUT2D eigenvalue weighted by molar-refractivity contribution is 6.09. The van der Waals surface area contributed by atoms with Crippen LogP contribution in [0, 0.1) is 24.7 Å². The summed E-state index contributed by atoms with van der Waals surface area (Å²) in [7, 11) is 0. The smallest absolute Gasteiger partial charge is 0.193 e. The van der Waals surface area contributed by atoms with Crippen molar-refractivity contribution in [1.82, 2.24) is 0 Å². The summed E-state index contributed by atoms with van der Waals surface area (Å²) in [5.41, 5.74) is 2.63. The lowest BCUT2D eigenvalue weighted by Crippen LogP contribution is -2.01. The van der Waals surface area contributed by atoms with Crippen molar-refractivity contribution in [3.63, 3.8) is 0 Å². The van der Waals surface area contributed by atoms with E-state index in [1.807, 2.05) is 0 Å². The van der Waals surface area contributed by atoms with Gasteiger partial charge < -0.3 is 0 Å². The molecule has 0 radical (unpaired) electrons. The number of ketones is 1. The Balaban J connectivity index is 2.36. The van der Waals surface area contributed by atoms with E-state index in [9.17, 15) is 4.79 Å². The summed E-state index contributed by atoms with van der Waals surface area (Å²) in [4.78, 5) is 12.2. The molecule has 0 aromatic heterocycles. The number of rotatable bonds is 2. The molecule has 2 rings (SSSR count). The second kappa shape index (κ2) is 5.04. The minimum absolute atomic E-state index is 0.0596. The van der Waals surface area contributed by atoms with Crippen LogP contribution < -0.4 is 0 Å². The van der Waals surface area contributed by atoms with Gasteiger partial charge in [0.05, 0.1) is 0 Å². The average Bonchev–Trinajstić information content (AvgIpc) is 2.46. The molecule has 0 unspecified atom stereocenters. The van der Waals surface area contributed by atoms with Crippen LogP contribution >= 0.6 is 0 Å². The number of carbonyl (C=O) groups excluding carboxylic acids is 1. The summed E-state index contributed by atoms with van der Waals surface area (Å²) >= 11 is 0. The predicted molar refractivity (Wildman–Crippen MR) is 72.2 cm³/mol. The molecule has 0 aliphatic carbocycles. The fourth-order valence-corrected chi connectivity index (χ4v) is 1.63. The molecule has 18 heavy (non-hydrogen) atoms. The van der Waals surface area contributed by atoms with E-state index in [1.54, 1.807) is 48.5 Å². The van der Waals surface area contributed by atoms with E-state index in [0.717, 1.165) is 5.56 Å². The normalized spacial score (nSPS) is 9.22. The van der Waals surface area contributed by atoms with E-state index in [2.05, 4.69) is 11.8 Å². The average molecular weight is 230 g/mol. The summed E-state index contributed by atoms with van der Waals surface area (Å²) in [5, 5.41) is 0. The summed E-state index contributed by atoms with van der Waals surface area (Å²) in [6.07, 6.45) is 10.6. The van der Waals surface area contributed by atoms with Crippen LogP contribution in [0.3, 0.4) is 0 Å². The quantitative estimate of drug-likeness (QED) is 0.572. The van der Waals surface area contributed by atoms with Crippen molar-refractivity contribution in [1.29, 1.82) is 0 Å². The largest absolute Gasteiger partial charge is 0.289 e. The van der Waals surface area contributed by atoms with Crippen molar-refractivity contribution in [3.05, 3.63) is 70.8 Å². The Bertz CT molecular complexity index is 664. The maximum Gasteiger partial charge on any atom is 0.193 e. The first-order valence-corrected chi connectivity index (χ1v) is 5.42. The molecular formula is C17H10O. The van der Waals surface area contributed by atoms with Gasteiger partial charge in [0.15, 0.2) is 5.78 Å².